The zero-order valence-corrected chi connectivity index (χ0v) is 19.2. The molecule has 4 aromatic rings. The van der Waals surface area contributed by atoms with Crippen LogP contribution < -0.4 is 0 Å². The zero-order chi connectivity index (χ0) is 24.1. The van der Waals surface area contributed by atoms with Crippen LogP contribution in [0.3, 0.4) is 0 Å². The van der Waals surface area contributed by atoms with Gasteiger partial charge in [-0.3, -0.25) is 9.20 Å². The first kappa shape index (κ1) is 23.7. The Morgan fingerprint density at radius 3 is 2.82 bits per heavy atom. The average molecular weight is 486 g/mol. The Balaban J connectivity index is 1.43. The molecule has 176 valence electrons. The van der Waals surface area contributed by atoms with Gasteiger partial charge in [-0.05, 0) is 42.1 Å². The number of aryl methyl sites for hydroxylation is 1. The maximum Gasteiger partial charge on any atom is 0.389 e. The highest BCUT2D eigenvalue weighted by Gasteiger charge is 2.27. The number of carbonyl (C=O) groups excluding carboxylic acids is 1. The fourth-order valence-electron chi connectivity index (χ4n) is 3.51. The van der Waals surface area contributed by atoms with E-state index in [2.05, 4.69) is 16.2 Å². The lowest BCUT2D eigenvalue weighted by Crippen LogP contribution is -2.12. The minimum absolute atomic E-state index is 0.0355. The third-order valence-corrected chi connectivity index (χ3v) is 6.05. The van der Waals surface area contributed by atoms with E-state index in [4.69, 9.17) is 4.84 Å². The van der Waals surface area contributed by atoms with Crippen molar-refractivity contribution >= 4 is 29.0 Å². The monoisotopic (exact) mass is 485 g/mol. The predicted octanol–water partition coefficient (Wildman–Crippen LogP) is 6.38. The van der Waals surface area contributed by atoms with Crippen LogP contribution in [0.2, 0.25) is 0 Å². The molecular formula is C25H22F3N3O2S. The van der Waals surface area contributed by atoms with Gasteiger partial charge in [0.05, 0.1) is 24.5 Å². The smallest absolute Gasteiger partial charge is 0.389 e. The van der Waals surface area contributed by atoms with Gasteiger partial charge in [0.1, 0.15) is 18.0 Å². The molecule has 0 saturated carbocycles. The molecule has 0 radical (unpaired) electrons. The normalized spacial score (nSPS) is 12.0. The molecule has 0 aliphatic heterocycles. The molecule has 0 aliphatic rings. The Bertz CT molecular complexity index is 1320. The number of nitrogens with zero attached hydrogens (tertiary/aromatic N) is 3. The van der Waals surface area contributed by atoms with Crippen molar-refractivity contribution in [3.05, 3.63) is 81.8 Å². The predicted molar refractivity (Wildman–Crippen MR) is 126 cm³/mol. The maximum atomic E-state index is 12.4. The second-order valence-electron chi connectivity index (χ2n) is 7.94. The summed E-state index contributed by atoms with van der Waals surface area (Å²) in [4.78, 5) is 23.0. The number of pyridine rings is 1. The number of imidazole rings is 1. The summed E-state index contributed by atoms with van der Waals surface area (Å²) in [5, 5.41) is 6.07. The lowest BCUT2D eigenvalue weighted by molar-refractivity contribution is -0.143. The number of benzene rings is 1. The van der Waals surface area contributed by atoms with Crippen molar-refractivity contribution in [1.29, 1.82) is 0 Å². The van der Waals surface area contributed by atoms with Crippen LogP contribution in [0.5, 0.6) is 0 Å². The van der Waals surface area contributed by atoms with E-state index in [9.17, 15) is 18.0 Å². The van der Waals surface area contributed by atoms with E-state index in [1.54, 1.807) is 35.9 Å². The highest BCUT2D eigenvalue weighted by molar-refractivity contribution is 7.10. The van der Waals surface area contributed by atoms with E-state index < -0.39 is 24.8 Å². The standard InChI is InChI=1S/C25H22F3N3O2S/c1-17-9-20(16-34-17)15-33-30-13-19-6-8-31-23(14-29-24(31)12-19)21-4-2-3-18(10-21)11-22(32)5-7-25(26,27)28/h2-4,6,8-10,12-14,16H,5,7,11,15H2,1H3/b30-13-. The topological polar surface area (TPSA) is 56.0 Å². The summed E-state index contributed by atoms with van der Waals surface area (Å²) in [5.41, 5.74) is 4.92. The molecular weight excluding hydrogens is 463 g/mol. The number of hydrogen-bond donors (Lipinski definition) is 0. The number of rotatable bonds is 9. The molecule has 0 saturated heterocycles. The fourth-order valence-corrected chi connectivity index (χ4v) is 4.20. The Morgan fingerprint density at radius 2 is 2.06 bits per heavy atom. The van der Waals surface area contributed by atoms with Gasteiger partial charge in [0.15, 0.2) is 0 Å². The first-order chi connectivity index (χ1) is 16.3. The van der Waals surface area contributed by atoms with Gasteiger partial charge in [0.25, 0.3) is 0 Å². The van der Waals surface area contributed by atoms with Gasteiger partial charge in [0.2, 0.25) is 0 Å². The summed E-state index contributed by atoms with van der Waals surface area (Å²) in [6, 6.07) is 13.0. The zero-order valence-electron chi connectivity index (χ0n) is 18.4. The van der Waals surface area contributed by atoms with Crippen molar-refractivity contribution in [2.75, 3.05) is 0 Å². The number of thiophene rings is 1. The fraction of sp³-hybridized carbons (Fsp3) is 0.240. The lowest BCUT2D eigenvalue weighted by atomic mass is 10.0. The van der Waals surface area contributed by atoms with E-state index in [0.29, 0.717) is 17.8 Å². The Morgan fingerprint density at radius 1 is 1.21 bits per heavy atom. The second-order valence-corrected chi connectivity index (χ2v) is 9.05. The van der Waals surface area contributed by atoms with Crippen molar-refractivity contribution in [3.8, 4) is 11.3 Å². The van der Waals surface area contributed by atoms with E-state index in [1.165, 1.54) is 4.88 Å². The van der Waals surface area contributed by atoms with Crippen LogP contribution in [0.1, 0.15) is 34.4 Å². The van der Waals surface area contributed by atoms with Gasteiger partial charge in [-0.15, -0.1) is 11.3 Å². The van der Waals surface area contributed by atoms with Crippen LogP contribution in [0.4, 0.5) is 13.2 Å². The summed E-state index contributed by atoms with van der Waals surface area (Å²) >= 11 is 1.67. The molecule has 0 bridgehead atoms. The number of aromatic nitrogens is 2. The van der Waals surface area contributed by atoms with Gasteiger partial charge in [-0.2, -0.15) is 13.2 Å². The highest BCUT2D eigenvalue weighted by atomic mass is 32.1. The van der Waals surface area contributed by atoms with E-state index >= 15 is 0 Å². The van der Waals surface area contributed by atoms with Crippen molar-refractivity contribution in [2.24, 2.45) is 5.16 Å². The van der Waals surface area contributed by atoms with Crippen molar-refractivity contribution in [3.63, 3.8) is 0 Å². The first-order valence-electron chi connectivity index (χ1n) is 10.6. The SMILES string of the molecule is Cc1cc(CO/N=C\c2ccn3c(-c4cccc(CC(=O)CCC(F)(F)F)c4)cnc3c2)cs1. The lowest BCUT2D eigenvalue weighted by Gasteiger charge is -2.07. The number of ketones is 1. The molecule has 3 heterocycles. The number of halogens is 3. The summed E-state index contributed by atoms with van der Waals surface area (Å²) in [7, 11) is 0. The molecule has 5 nitrogen and oxygen atoms in total. The van der Waals surface area contributed by atoms with Crippen LogP contribution in [-0.4, -0.2) is 27.6 Å². The average Bonchev–Trinajstić information content (AvgIpc) is 3.40. The third-order valence-electron chi connectivity index (χ3n) is 5.14. The van der Waals surface area contributed by atoms with Crippen molar-refractivity contribution in [2.45, 2.75) is 39.0 Å². The number of fused-ring (bicyclic) bond motifs is 1. The number of carbonyl (C=O) groups is 1. The molecule has 0 N–H and O–H groups in total. The summed E-state index contributed by atoms with van der Waals surface area (Å²) < 4.78 is 39.0. The second kappa shape index (κ2) is 10.2. The minimum Gasteiger partial charge on any atom is -0.391 e. The van der Waals surface area contributed by atoms with Gasteiger partial charge < -0.3 is 4.84 Å². The third kappa shape index (κ3) is 6.32. The summed E-state index contributed by atoms with van der Waals surface area (Å²) in [5.74, 6) is -0.437. The Kier molecular flexibility index (Phi) is 7.12. The maximum absolute atomic E-state index is 12.4. The molecule has 34 heavy (non-hydrogen) atoms. The van der Waals surface area contributed by atoms with E-state index in [0.717, 1.165) is 22.4 Å². The molecule has 0 amide bonds. The van der Waals surface area contributed by atoms with Crippen LogP contribution in [0, 0.1) is 6.92 Å². The molecule has 3 aromatic heterocycles. The molecule has 1 aromatic carbocycles. The van der Waals surface area contributed by atoms with Crippen LogP contribution in [-0.2, 0) is 22.7 Å². The molecule has 0 aliphatic carbocycles. The molecule has 0 atom stereocenters. The van der Waals surface area contributed by atoms with Crippen LogP contribution in [0.25, 0.3) is 16.9 Å². The Labute approximate surface area is 198 Å². The summed E-state index contributed by atoms with van der Waals surface area (Å²) in [6.07, 6.45) is -0.758. The molecule has 9 heteroatoms. The van der Waals surface area contributed by atoms with E-state index in [-0.39, 0.29) is 6.42 Å². The van der Waals surface area contributed by atoms with Crippen molar-refractivity contribution < 1.29 is 22.8 Å². The molecule has 0 unspecified atom stereocenters. The van der Waals surface area contributed by atoms with Gasteiger partial charge in [0, 0.05) is 40.6 Å². The largest absolute Gasteiger partial charge is 0.391 e. The van der Waals surface area contributed by atoms with Crippen molar-refractivity contribution in [1.82, 2.24) is 9.38 Å². The first-order valence-corrected chi connectivity index (χ1v) is 11.5. The number of oxime groups is 1. The van der Waals surface area contributed by atoms with Gasteiger partial charge >= 0.3 is 6.18 Å². The van der Waals surface area contributed by atoms with E-state index in [1.807, 2.05) is 47.2 Å². The number of alkyl halides is 3. The summed E-state index contributed by atoms with van der Waals surface area (Å²) in [6.45, 7) is 2.45. The van der Waals surface area contributed by atoms with Gasteiger partial charge in [-0.1, -0.05) is 23.4 Å². The molecule has 4 rings (SSSR count). The highest BCUT2D eigenvalue weighted by Crippen LogP contribution is 2.24. The Hall–Kier alpha value is -3.46. The molecule has 0 fully saturated rings. The number of Topliss-reactive ketones (excluding diaryl/α,β-unsaturated/α-hetero) is 1. The van der Waals surface area contributed by atoms with Crippen LogP contribution in [0.15, 0.2) is 65.4 Å². The van der Waals surface area contributed by atoms with Gasteiger partial charge in [-0.25, -0.2) is 4.98 Å². The molecule has 0 spiro atoms. The quantitative estimate of drug-likeness (QED) is 0.204. The number of hydrogen-bond acceptors (Lipinski definition) is 5. The van der Waals surface area contributed by atoms with Crippen LogP contribution >= 0.6 is 11.3 Å². The minimum atomic E-state index is -4.33.